The third kappa shape index (κ3) is 5.79. The second-order valence-corrected chi connectivity index (χ2v) is 7.65. The monoisotopic (exact) mass is 409 g/mol. The van der Waals surface area contributed by atoms with Crippen molar-refractivity contribution in [2.24, 2.45) is 0 Å². The van der Waals surface area contributed by atoms with Crippen LogP contribution >= 0.6 is 27.7 Å². The van der Waals surface area contributed by atoms with E-state index in [0.717, 1.165) is 35.1 Å². The van der Waals surface area contributed by atoms with Gasteiger partial charge in [0, 0.05) is 21.9 Å². The zero-order chi connectivity index (χ0) is 17.5. The van der Waals surface area contributed by atoms with Crippen LogP contribution in [0.25, 0.3) is 0 Å². The number of aromatic amines is 1. The Labute approximate surface area is 153 Å². The Bertz CT molecular complexity index is 746. The fourth-order valence-corrected chi connectivity index (χ4v) is 3.12. The Kier molecular flexibility index (Phi) is 7.05. The molecule has 1 aromatic carbocycles. The molecule has 2 aromatic rings. The Hall–Kier alpha value is -1.60. The molecule has 2 rings (SSSR count). The number of hydrogen-bond donors (Lipinski definition) is 2. The van der Waals surface area contributed by atoms with E-state index < -0.39 is 0 Å². The van der Waals surface area contributed by atoms with Crippen LogP contribution in [0, 0.1) is 0 Å². The molecule has 0 aliphatic rings. The lowest BCUT2D eigenvalue weighted by atomic mass is 10.2. The Morgan fingerprint density at radius 1 is 1.38 bits per heavy atom. The van der Waals surface area contributed by atoms with Gasteiger partial charge in [-0.05, 0) is 44.0 Å². The summed E-state index contributed by atoms with van der Waals surface area (Å²) in [5, 5.41) is 2.95. The molecule has 1 aromatic heterocycles. The van der Waals surface area contributed by atoms with Crippen LogP contribution in [0.5, 0.6) is 0 Å². The number of nitrogens with one attached hydrogen (secondary N) is 2. The molecule has 0 bridgehead atoms. The zero-order valence-corrected chi connectivity index (χ0v) is 16.0. The van der Waals surface area contributed by atoms with Gasteiger partial charge >= 0.3 is 0 Å². The van der Waals surface area contributed by atoms with Crippen LogP contribution in [0.3, 0.4) is 0 Å². The number of hydrogen-bond acceptors (Lipinski definition) is 4. The van der Waals surface area contributed by atoms with E-state index in [9.17, 15) is 9.59 Å². The van der Waals surface area contributed by atoms with Crippen molar-refractivity contribution in [3.8, 4) is 0 Å². The van der Waals surface area contributed by atoms with Crippen molar-refractivity contribution in [3.63, 3.8) is 0 Å². The number of H-pyrrole nitrogens is 1. The summed E-state index contributed by atoms with van der Waals surface area (Å²) in [6.45, 7) is 3.88. The molecular weight excluding hydrogens is 390 g/mol. The maximum Gasteiger partial charge on any atom is 0.251 e. The molecule has 0 aliphatic heterocycles. The van der Waals surface area contributed by atoms with Crippen LogP contribution in [0.15, 0.2) is 44.8 Å². The molecule has 0 saturated carbocycles. The topological polar surface area (TPSA) is 74.8 Å². The molecule has 2 N–H and O–H groups in total. The van der Waals surface area contributed by atoms with E-state index in [1.54, 1.807) is 6.92 Å². The predicted molar refractivity (Wildman–Crippen MR) is 102 cm³/mol. The van der Waals surface area contributed by atoms with Crippen molar-refractivity contribution in [2.45, 2.75) is 43.5 Å². The first-order chi connectivity index (χ1) is 11.5. The lowest BCUT2D eigenvalue weighted by Gasteiger charge is -2.12. The summed E-state index contributed by atoms with van der Waals surface area (Å²) in [5.41, 5.74) is 1.32. The molecule has 1 unspecified atom stereocenters. The molecule has 1 heterocycles. The van der Waals surface area contributed by atoms with Crippen LogP contribution in [-0.4, -0.2) is 21.1 Å². The number of unbranched alkanes of at least 4 members (excludes halogenated alkanes) is 1. The van der Waals surface area contributed by atoms with Gasteiger partial charge in [0.2, 0.25) is 5.91 Å². The number of halogens is 1. The van der Waals surface area contributed by atoms with Crippen LogP contribution in [0.2, 0.25) is 0 Å². The third-order valence-electron chi connectivity index (χ3n) is 3.33. The molecule has 0 spiro atoms. The minimum atomic E-state index is -0.377. The Morgan fingerprint density at radius 2 is 2.08 bits per heavy atom. The number of anilines is 1. The van der Waals surface area contributed by atoms with E-state index in [2.05, 4.69) is 38.1 Å². The highest BCUT2D eigenvalue weighted by molar-refractivity contribution is 9.10. The Balaban J connectivity index is 2.01. The second-order valence-electron chi connectivity index (χ2n) is 5.40. The number of carbonyl (C=O) groups is 1. The van der Waals surface area contributed by atoms with Crippen LogP contribution < -0.4 is 10.9 Å². The van der Waals surface area contributed by atoms with E-state index in [0.29, 0.717) is 5.16 Å². The summed E-state index contributed by atoms with van der Waals surface area (Å²) in [6, 6.07) is 8.90. The van der Waals surface area contributed by atoms with Gasteiger partial charge in [0.1, 0.15) is 0 Å². The normalized spacial score (nSPS) is 12.0. The quantitative estimate of drug-likeness (QED) is 0.535. The molecule has 128 valence electrons. The van der Waals surface area contributed by atoms with Crippen LogP contribution in [0.1, 0.15) is 32.4 Å². The molecule has 5 nitrogen and oxygen atoms in total. The van der Waals surface area contributed by atoms with Gasteiger partial charge in [0.25, 0.3) is 5.56 Å². The lowest BCUT2D eigenvalue weighted by Crippen LogP contribution is -2.23. The number of nitrogens with zero attached hydrogens (tertiary/aromatic N) is 1. The van der Waals surface area contributed by atoms with Gasteiger partial charge in [-0.15, -0.1) is 0 Å². The smallest absolute Gasteiger partial charge is 0.251 e. The second kappa shape index (κ2) is 9.03. The summed E-state index contributed by atoms with van der Waals surface area (Å²) in [5.74, 6) is -0.135. The summed E-state index contributed by atoms with van der Waals surface area (Å²) in [4.78, 5) is 31.1. The zero-order valence-electron chi connectivity index (χ0n) is 13.6. The van der Waals surface area contributed by atoms with Crippen molar-refractivity contribution in [2.75, 3.05) is 5.32 Å². The van der Waals surface area contributed by atoms with Crippen molar-refractivity contribution in [1.82, 2.24) is 9.97 Å². The number of benzene rings is 1. The Morgan fingerprint density at radius 3 is 2.75 bits per heavy atom. The fourth-order valence-electron chi connectivity index (χ4n) is 2.02. The molecule has 7 heteroatoms. The van der Waals surface area contributed by atoms with Crippen molar-refractivity contribution in [3.05, 3.63) is 50.9 Å². The highest BCUT2D eigenvalue weighted by Crippen LogP contribution is 2.21. The fraction of sp³-hybridized carbons (Fsp3) is 0.353. The molecule has 0 saturated heterocycles. The molecule has 0 aliphatic carbocycles. The molecule has 24 heavy (non-hydrogen) atoms. The van der Waals surface area contributed by atoms with Gasteiger partial charge in [-0.1, -0.05) is 41.0 Å². The first kappa shape index (κ1) is 18.7. The average molecular weight is 410 g/mol. The van der Waals surface area contributed by atoms with Gasteiger partial charge in [-0.25, -0.2) is 4.98 Å². The van der Waals surface area contributed by atoms with E-state index in [4.69, 9.17) is 0 Å². The van der Waals surface area contributed by atoms with Crippen molar-refractivity contribution < 1.29 is 4.79 Å². The molecular formula is C17H20BrN3O2S. The first-order valence-electron chi connectivity index (χ1n) is 7.81. The van der Waals surface area contributed by atoms with E-state index in [-0.39, 0.29) is 16.7 Å². The number of rotatable bonds is 7. The van der Waals surface area contributed by atoms with E-state index in [1.165, 1.54) is 17.8 Å². The highest BCUT2D eigenvalue weighted by atomic mass is 79.9. The number of thioether (sulfide) groups is 1. The maximum absolute atomic E-state index is 12.3. The summed E-state index contributed by atoms with van der Waals surface area (Å²) < 4.78 is 0.952. The molecule has 0 fully saturated rings. The summed E-state index contributed by atoms with van der Waals surface area (Å²) in [7, 11) is 0. The molecule has 1 amide bonds. The van der Waals surface area contributed by atoms with E-state index >= 15 is 0 Å². The lowest BCUT2D eigenvalue weighted by molar-refractivity contribution is -0.115. The SMILES string of the molecule is CCCCc1cc(=O)[nH]c(SC(C)C(=O)Nc2ccc(Br)cc2)n1. The largest absolute Gasteiger partial charge is 0.325 e. The number of aromatic nitrogens is 2. The summed E-state index contributed by atoms with van der Waals surface area (Å²) >= 11 is 4.61. The molecule has 0 radical (unpaired) electrons. The predicted octanol–water partition coefficient (Wildman–Crippen LogP) is 3.99. The van der Waals surface area contributed by atoms with Gasteiger partial charge in [-0.3, -0.25) is 9.59 Å². The highest BCUT2D eigenvalue weighted by Gasteiger charge is 2.16. The minimum Gasteiger partial charge on any atom is -0.325 e. The number of amides is 1. The minimum absolute atomic E-state index is 0.135. The van der Waals surface area contributed by atoms with Crippen molar-refractivity contribution >= 4 is 39.3 Å². The standard InChI is InChI=1S/C17H20BrN3O2S/c1-3-4-5-14-10-15(22)21-17(20-14)24-11(2)16(23)19-13-8-6-12(18)7-9-13/h6-11H,3-5H2,1-2H3,(H,19,23)(H,20,21,22). The number of carbonyl (C=O) groups excluding carboxylic acids is 1. The first-order valence-corrected chi connectivity index (χ1v) is 9.48. The van der Waals surface area contributed by atoms with Gasteiger partial charge in [-0.2, -0.15) is 0 Å². The van der Waals surface area contributed by atoms with Gasteiger partial charge in [0.15, 0.2) is 5.16 Å². The molecule has 1 atom stereocenters. The van der Waals surface area contributed by atoms with Crippen LogP contribution in [0.4, 0.5) is 5.69 Å². The van der Waals surface area contributed by atoms with Crippen LogP contribution in [-0.2, 0) is 11.2 Å². The average Bonchev–Trinajstić information content (AvgIpc) is 2.54. The van der Waals surface area contributed by atoms with Gasteiger partial charge in [0.05, 0.1) is 5.25 Å². The van der Waals surface area contributed by atoms with Crippen molar-refractivity contribution in [1.29, 1.82) is 0 Å². The van der Waals surface area contributed by atoms with E-state index in [1.807, 2.05) is 24.3 Å². The van der Waals surface area contributed by atoms with Gasteiger partial charge < -0.3 is 10.3 Å². The third-order valence-corrected chi connectivity index (χ3v) is 4.84. The number of aryl methyl sites for hydroxylation is 1. The maximum atomic E-state index is 12.3. The summed E-state index contributed by atoms with van der Waals surface area (Å²) in [6.07, 6.45) is 2.80.